The number of allylic oxidation sites excluding steroid dienone is 1. The topological polar surface area (TPSA) is 55.7 Å². The predicted molar refractivity (Wildman–Crippen MR) is 95.2 cm³/mol. The van der Waals surface area contributed by atoms with Gasteiger partial charge in [-0.2, -0.15) is 8.42 Å². The molecule has 124 valence electrons. The Morgan fingerprint density at radius 3 is 2.42 bits per heavy atom. The molecule has 3 rings (SSSR count). The second-order valence-electron chi connectivity index (χ2n) is 5.81. The van der Waals surface area contributed by atoms with Crippen LogP contribution in [0.2, 0.25) is 0 Å². The molecule has 24 heavy (non-hydrogen) atoms. The molecule has 0 amide bonds. The summed E-state index contributed by atoms with van der Waals surface area (Å²) in [5.74, 6) is 0. The van der Waals surface area contributed by atoms with Gasteiger partial charge in [0.05, 0.1) is 5.71 Å². The van der Waals surface area contributed by atoms with Crippen molar-refractivity contribution < 1.29 is 12.7 Å². The number of hydrogen-bond acceptors (Lipinski definition) is 4. The highest BCUT2D eigenvalue weighted by Crippen LogP contribution is 2.25. The van der Waals surface area contributed by atoms with Crippen LogP contribution < -0.4 is 0 Å². The molecule has 0 bridgehead atoms. The van der Waals surface area contributed by atoms with Gasteiger partial charge in [-0.15, -0.1) is 0 Å². The minimum atomic E-state index is -3.88. The summed E-state index contributed by atoms with van der Waals surface area (Å²) >= 11 is 0. The summed E-state index contributed by atoms with van der Waals surface area (Å²) in [5.41, 5.74) is 3.79. The summed E-state index contributed by atoms with van der Waals surface area (Å²) in [6.45, 7) is 1.90. The number of aryl methyl sites for hydroxylation is 1. The van der Waals surface area contributed by atoms with Gasteiger partial charge in [0.25, 0.3) is 0 Å². The molecular formula is C19H19NO3S. The Balaban J connectivity index is 1.80. The van der Waals surface area contributed by atoms with Crippen molar-refractivity contribution in [1.29, 1.82) is 0 Å². The van der Waals surface area contributed by atoms with Gasteiger partial charge in [-0.05, 0) is 55.5 Å². The van der Waals surface area contributed by atoms with E-state index in [1.807, 2.05) is 43.3 Å². The molecule has 0 radical (unpaired) electrons. The summed E-state index contributed by atoms with van der Waals surface area (Å²) < 4.78 is 29.4. The van der Waals surface area contributed by atoms with Gasteiger partial charge in [0, 0.05) is 0 Å². The van der Waals surface area contributed by atoms with Crippen LogP contribution in [0.3, 0.4) is 0 Å². The highest BCUT2D eigenvalue weighted by Gasteiger charge is 2.20. The van der Waals surface area contributed by atoms with Crippen LogP contribution >= 0.6 is 0 Å². The zero-order chi connectivity index (χ0) is 17.0. The van der Waals surface area contributed by atoms with E-state index in [4.69, 9.17) is 4.28 Å². The van der Waals surface area contributed by atoms with Crippen molar-refractivity contribution in [3.8, 4) is 0 Å². The molecule has 0 spiro atoms. The lowest BCUT2D eigenvalue weighted by Crippen LogP contribution is -2.05. The Morgan fingerprint density at radius 1 is 1.00 bits per heavy atom. The summed E-state index contributed by atoms with van der Waals surface area (Å²) in [4.78, 5) is 0.115. The van der Waals surface area contributed by atoms with Crippen molar-refractivity contribution in [2.75, 3.05) is 0 Å². The molecule has 2 aromatic rings. The average molecular weight is 341 g/mol. The normalized spacial score (nSPS) is 18.2. The van der Waals surface area contributed by atoms with Crippen LogP contribution in [-0.2, 0) is 14.4 Å². The minimum Gasteiger partial charge on any atom is -0.265 e. The van der Waals surface area contributed by atoms with Crippen LogP contribution in [-0.4, -0.2) is 14.1 Å². The maximum Gasteiger partial charge on any atom is 0.358 e. The van der Waals surface area contributed by atoms with Crippen molar-refractivity contribution in [1.82, 2.24) is 0 Å². The molecule has 0 unspecified atom stereocenters. The number of rotatable bonds is 4. The third-order valence-electron chi connectivity index (χ3n) is 3.93. The lowest BCUT2D eigenvalue weighted by molar-refractivity contribution is 0.338. The monoisotopic (exact) mass is 341 g/mol. The highest BCUT2D eigenvalue weighted by atomic mass is 32.2. The van der Waals surface area contributed by atoms with Crippen LogP contribution in [0.25, 0.3) is 6.08 Å². The van der Waals surface area contributed by atoms with Gasteiger partial charge < -0.3 is 0 Å². The molecule has 1 aliphatic carbocycles. The van der Waals surface area contributed by atoms with Crippen molar-refractivity contribution in [2.24, 2.45) is 5.16 Å². The first-order chi connectivity index (χ1) is 11.5. The molecule has 1 saturated carbocycles. The van der Waals surface area contributed by atoms with Crippen LogP contribution in [0.5, 0.6) is 0 Å². The van der Waals surface area contributed by atoms with E-state index in [1.165, 1.54) is 12.1 Å². The third-order valence-corrected chi connectivity index (χ3v) is 5.05. The van der Waals surface area contributed by atoms with E-state index in [0.29, 0.717) is 5.71 Å². The van der Waals surface area contributed by atoms with Crippen molar-refractivity contribution in [3.63, 3.8) is 0 Å². The number of oxime groups is 1. The van der Waals surface area contributed by atoms with Gasteiger partial charge in [0.1, 0.15) is 4.90 Å². The maximum atomic E-state index is 12.2. The summed E-state index contributed by atoms with van der Waals surface area (Å²) in [6, 6.07) is 16.4. The summed E-state index contributed by atoms with van der Waals surface area (Å²) in [6.07, 6.45) is 4.59. The molecule has 2 aromatic carbocycles. The first kappa shape index (κ1) is 16.5. The van der Waals surface area contributed by atoms with E-state index in [0.717, 1.165) is 36.0 Å². The van der Waals surface area contributed by atoms with Crippen LogP contribution in [0.4, 0.5) is 0 Å². The Bertz CT molecular complexity index is 867. The largest absolute Gasteiger partial charge is 0.358 e. The van der Waals surface area contributed by atoms with Gasteiger partial charge in [0.2, 0.25) is 0 Å². The number of benzene rings is 2. The van der Waals surface area contributed by atoms with Crippen LogP contribution in [0, 0.1) is 6.92 Å². The smallest absolute Gasteiger partial charge is 0.265 e. The fraction of sp³-hybridized carbons (Fsp3) is 0.211. The Kier molecular flexibility index (Phi) is 4.81. The third kappa shape index (κ3) is 3.92. The molecule has 0 saturated heterocycles. The lowest BCUT2D eigenvalue weighted by Gasteiger charge is -2.04. The van der Waals surface area contributed by atoms with Gasteiger partial charge in [0.15, 0.2) is 0 Å². The molecule has 1 aliphatic rings. The molecule has 0 aliphatic heterocycles. The van der Waals surface area contributed by atoms with E-state index in [2.05, 4.69) is 5.16 Å². The number of hydrogen-bond donors (Lipinski definition) is 0. The highest BCUT2D eigenvalue weighted by molar-refractivity contribution is 7.86. The second-order valence-corrected chi connectivity index (χ2v) is 7.34. The fourth-order valence-electron chi connectivity index (χ4n) is 2.60. The molecule has 4 nitrogen and oxygen atoms in total. The Hall–Kier alpha value is -2.40. The minimum absolute atomic E-state index is 0.115. The predicted octanol–water partition coefficient (Wildman–Crippen LogP) is 4.32. The van der Waals surface area contributed by atoms with Crippen LogP contribution in [0.15, 0.2) is 70.2 Å². The van der Waals surface area contributed by atoms with Crippen molar-refractivity contribution in [2.45, 2.75) is 31.1 Å². The van der Waals surface area contributed by atoms with E-state index in [9.17, 15) is 8.42 Å². The molecule has 0 heterocycles. The van der Waals surface area contributed by atoms with Gasteiger partial charge in [-0.1, -0.05) is 53.2 Å². The Labute approximate surface area is 142 Å². The molecule has 1 fully saturated rings. The molecule has 0 N–H and O–H groups in total. The summed E-state index contributed by atoms with van der Waals surface area (Å²) in [7, 11) is -3.88. The van der Waals surface area contributed by atoms with Gasteiger partial charge in [-0.3, -0.25) is 4.28 Å². The SMILES string of the molecule is Cc1ccc(S(=O)(=O)O/N=C2\CCC\C2=C\c2ccccc2)cc1. The van der Waals surface area contributed by atoms with E-state index < -0.39 is 10.1 Å². The Morgan fingerprint density at radius 2 is 1.71 bits per heavy atom. The van der Waals surface area contributed by atoms with Gasteiger partial charge in [-0.25, -0.2) is 0 Å². The fourth-order valence-corrected chi connectivity index (χ4v) is 3.35. The van der Waals surface area contributed by atoms with E-state index in [-0.39, 0.29) is 4.90 Å². The second kappa shape index (κ2) is 7.01. The zero-order valence-electron chi connectivity index (χ0n) is 13.5. The number of nitrogens with zero attached hydrogens (tertiary/aromatic N) is 1. The first-order valence-corrected chi connectivity index (χ1v) is 9.29. The molecule has 0 aromatic heterocycles. The standard InChI is InChI=1S/C19H19NO3S/c1-15-10-12-18(13-11-15)24(21,22)23-20-19-9-5-8-17(19)14-16-6-3-2-4-7-16/h2-4,6-7,10-14H,5,8-9H2,1H3/b17-14-,20-19+. The quantitative estimate of drug-likeness (QED) is 0.778. The first-order valence-electron chi connectivity index (χ1n) is 7.88. The molecule has 5 heteroatoms. The van der Waals surface area contributed by atoms with E-state index in [1.54, 1.807) is 12.1 Å². The average Bonchev–Trinajstić information content (AvgIpc) is 3.02. The van der Waals surface area contributed by atoms with Crippen LogP contribution in [0.1, 0.15) is 30.4 Å². The van der Waals surface area contributed by atoms with E-state index >= 15 is 0 Å². The molecular weight excluding hydrogens is 322 g/mol. The van der Waals surface area contributed by atoms with Gasteiger partial charge >= 0.3 is 10.1 Å². The summed E-state index contributed by atoms with van der Waals surface area (Å²) in [5, 5.41) is 3.93. The zero-order valence-corrected chi connectivity index (χ0v) is 14.3. The van der Waals surface area contributed by atoms with Crippen molar-refractivity contribution in [3.05, 3.63) is 71.3 Å². The molecule has 0 atom stereocenters. The van der Waals surface area contributed by atoms with Crippen molar-refractivity contribution >= 4 is 21.9 Å². The maximum absolute atomic E-state index is 12.2. The lowest BCUT2D eigenvalue weighted by atomic mass is 10.1.